The quantitative estimate of drug-likeness (QED) is 0.905. The topological polar surface area (TPSA) is 55.1 Å². The molecule has 0 fully saturated rings. The lowest BCUT2D eigenvalue weighted by atomic mass is 10.1. The van der Waals surface area contributed by atoms with Gasteiger partial charge in [0.05, 0.1) is 5.69 Å². The van der Waals surface area contributed by atoms with Crippen LogP contribution in [0.2, 0.25) is 0 Å². The average molecular weight is 272 g/mol. The third-order valence-corrected chi connectivity index (χ3v) is 3.37. The molecule has 0 unspecified atom stereocenters. The van der Waals surface area contributed by atoms with Crippen molar-refractivity contribution in [1.29, 1.82) is 0 Å². The van der Waals surface area contributed by atoms with Gasteiger partial charge < -0.3 is 5.11 Å². The lowest BCUT2D eigenvalue weighted by molar-refractivity contribution is 0.0690. The molecule has 0 aliphatic heterocycles. The summed E-state index contributed by atoms with van der Waals surface area (Å²) in [5, 5.41) is 13.4. The van der Waals surface area contributed by atoms with Crippen LogP contribution in [0.25, 0.3) is 5.69 Å². The normalized spacial score (nSPS) is 10.8. The molecule has 0 saturated heterocycles. The summed E-state index contributed by atoms with van der Waals surface area (Å²) in [5.74, 6) is -0.980. The highest BCUT2D eigenvalue weighted by Gasteiger charge is 2.15. The van der Waals surface area contributed by atoms with Crippen molar-refractivity contribution < 1.29 is 9.90 Å². The maximum absolute atomic E-state index is 11.1. The number of aryl methyl sites for hydroxylation is 3. The molecule has 1 aromatic carbocycles. The van der Waals surface area contributed by atoms with Gasteiger partial charge in [-0.25, -0.2) is 9.48 Å². The van der Waals surface area contributed by atoms with Gasteiger partial charge in [-0.15, -0.1) is 0 Å². The molecule has 20 heavy (non-hydrogen) atoms. The van der Waals surface area contributed by atoms with Gasteiger partial charge in [0.2, 0.25) is 0 Å². The molecular formula is C16H20N2O2. The van der Waals surface area contributed by atoms with Gasteiger partial charge in [-0.1, -0.05) is 31.0 Å². The van der Waals surface area contributed by atoms with E-state index in [9.17, 15) is 4.79 Å². The van der Waals surface area contributed by atoms with Gasteiger partial charge in [0.25, 0.3) is 0 Å². The molecule has 0 radical (unpaired) electrons. The molecule has 1 aromatic heterocycles. The zero-order valence-electron chi connectivity index (χ0n) is 12.2. The van der Waals surface area contributed by atoms with Crippen molar-refractivity contribution in [3.8, 4) is 5.69 Å². The van der Waals surface area contributed by atoms with Crippen molar-refractivity contribution in [2.24, 2.45) is 0 Å². The van der Waals surface area contributed by atoms with Crippen LogP contribution in [0.4, 0.5) is 0 Å². The smallest absolute Gasteiger partial charge is 0.356 e. The molecule has 1 N–H and O–H groups in total. The summed E-state index contributed by atoms with van der Waals surface area (Å²) in [5.41, 5.74) is 4.30. The van der Waals surface area contributed by atoms with E-state index in [0.29, 0.717) is 0 Å². The first-order chi connectivity index (χ1) is 9.52. The van der Waals surface area contributed by atoms with E-state index in [1.807, 2.05) is 26.0 Å². The fourth-order valence-corrected chi connectivity index (χ4v) is 2.31. The summed E-state index contributed by atoms with van der Waals surface area (Å²) in [4.78, 5) is 11.1. The Kier molecular flexibility index (Phi) is 4.23. The summed E-state index contributed by atoms with van der Waals surface area (Å²) >= 11 is 0. The fourth-order valence-electron chi connectivity index (χ4n) is 2.31. The number of hydrogen-bond donors (Lipinski definition) is 1. The van der Waals surface area contributed by atoms with E-state index >= 15 is 0 Å². The first kappa shape index (κ1) is 14.3. The zero-order chi connectivity index (χ0) is 14.7. The minimum Gasteiger partial charge on any atom is -0.476 e. The highest BCUT2D eigenvalue weighted by molar-refractivity contribution is 5.85. The maximum atomic E-state index is 11.1. The minimum atomic E-state index is -0.980. The van der Waals surface area contributed by atoms with Crippen LogP contribution in [0.3, 0.4) is 0 Å². The molecule has 0 saturated carbocycles. The van der Waals surface area contributed by atoms with Gasteiger partial charge in [-0.3, -0.25) is 0 Å². The molecule has 0 spiro atoms. The Labute approximate surface area is 119 Å². The lowest BCUT2D eigenvalue weighted by Gasteiger charge is -2.10. The monoisotopic (exact) mass is 272 g/mol. The number of hydrogen-bond acceptors (Lipinski definition) is 2. The molecular weight excluding hydrogens is 252 g/mol. The van der Waals surface area contributed by atoms with Crippen LogP contribution < -0.4 is 0 Å². The summed E-state index contributed by atoms with van der Waals surface area (Å²) in [7, 11) is 0. The van der Waals surface area contributed by atoms with Crippen LogP contribution in [-0.4, -0.2) is 20.9 Å². The van der Waals surface area contributed by atoms with Crippen LogP contribution >= 0.6 is 0 Å². The fraction of sp³-hybridized carbons (Fsp3) is 0.375. The molecule has 0 amide bonds. The highest BCUT2D eigenvalue weighted by atomic mass is 16.4. The molecule has 4 heteroatoms. The van der Waals surface area contributed by atoms with Gasteiger partial charge in [0.15, 0.2) is 5.69 Å². The molecule has 1 heterocycles. The number of carbonyl (C=O) groups is 1. The summed E-state index contributed by atoms with van der Waals surface area (Å²) in [6, 6.07) is 7.78. The van der Waals surface area contributed by atoms with E-state index in [4.69, 9.17) is 5.11 Å². The summed E-state index contributed by atoms with van der Waals surface area (Å²) < 4.78 is 1.77. The van der Waals surface area contributed by atoms with E-state index < -0.39 is 5.97 Å². The van der Waals surface area contributed by atoms with Crippen LogP contribution in [0, 0.1) is 13.8 Å². The SMILES string of the molecule is CCCCc1cc(C(=O)O)nn1-c1ccc(C)cc1C. The van der Waals surface area contributed by atoms with Gasteiger partial charge in [-0.2, -0.15) is 5.10 Å². The predicted molar refractivity (Wildman–Crippen MR) is 78.6 cm³/mol. The number of carboxylic acid groups (broad SMARTS) is 1. The van der Waals surface area contributed by atoms with Gasteiger partial charge in [0, 0.05) is 5.69 Å². The number of benzene rings is 1. The lowest BCUT2D eigenvalue weighted by Crippen LogP contribution is -2.05. The molecule has 2 aromatic rings. The number of aromatic nitrogens is 2. The Morgan fingerprint density at radius 1 is 1.30 bits per heavy atom. The molecule has 106 valence electrons. The molecule has 2 rings (SSSR count). The second-order valence-corrected chi connectivity index (χ2v) is 5.13. The van der Waals surface area contributed by atoms with Crippen LogP contribution in [0.1, 0.15) is 47.1 Å². The van der Waals surface area contributed by atoms with E-state index in [1.165, 1.54) is 5.56 Å². The minimum absolute atomic E-state index is 0.107. The van der Waals surface area contributed by atoms with Crippen molar-refractivity contribution in [1.82, 2.24) is 9.78 Å². The Bertz CT molecular complexity index is 629. The van der Waals surface area contributed by atoms with E-state index in [1.54, 1.807) is 10.7 Å². The first-order valence-electron chi connectivity index (χ1n) is 6.92. The van der Waals surface area contributed by atoms with Gasteiger partial charge >= 0.3 is 5.97 Å². The average Bonchev–Trinajstić information content (AvgIpc) is 2.80. The molecule has 0 aliphatic rings. The third-order valence-electron chi connectivity index (χ3n) is 3.37. The number of nitrogens with zero attached hydrogens (tertiary/aromatic N) is 2. The first-order valence-corrected chi connectivity index (χ1v) is 6.92. The molecule has 0 bridgehead atoms. The molecule has 0 atom stereocenters. The number of unbranched alkanes of at least 4 members (excludes halogenated alkanes) is 1. The Morgan fingerprint density at radius 3 is 2.65 bits per heavy atom. The Balaban J connectivity index is 2.50. The predicted octanol–water partition coefficient (Wildman–Crippen LogP) is 3.53. The van der Waals surface area contributed by atoms with Gasteiger partial charge in [-0.05, 0) is 44.4 Å². The third kappa shape index (κ3) is 2.90. The van der Waals surface area contributed by atoms with Crippen molar-refractivity contribution in [2.75, 3.05) is 0 Å². The Hall–Kier alpha value is -2.10. The van der Waals surface area contributed by atoms with Crippen molar-refractivity contribution in [3.05, 3.63) is 46.8 Å². The van der Waals surface area contributed by atoms with Crippen molar-refractivity contribution in [2.45, 2.75) is 40.0 Å². The summed E-state index contributed by atoms with van der Waals surface area (Å²) in [6.45, 7) is 6.19. The van der Waals surface area contributed by atoms with E-state index in [-0.39, 0.29) is 5.69 Å². The summed E-state index contributed by atoms with van der Waals surface area (Å²) in [6.07, 6.45) is 2.93. The molecule has 0 aliphatic carbocycles. The number of rotatable bonds is 5. The van der Waals surface area contributed by atoms with Gasteiger partial charge in [0.1, 0.15) is 0 Å². The van der Waals surface area contributed by atoms with Crippen molar-refractivity contribution in [3.63, 3.8) is 0 Å². The standard InChI is InChI=1S/C16H20N2O2/c1-4-5-6-13-10-14(16(19)20)17-18(13)15-8-7-11(2)9-12(15)3/h7-10H,4-6H2,1-3H3,(H,19,20). The largest absolute Gasteiger partial charge is 0.476 e. The number of aromatic carboxylic acids is 1. The van der Waals surface area contributed by atoms with Crippen molar-refractivity contribution >= 4 is 5.97 Å². The van der Waals surface area contributed by atoms with E-state index in [0.717, 1.165) is 36.2 Å². The van der Waals surface area contributed by atoms with Crippen LogP contribution in [0.15, 0.2) is 24.3 Å². The number of carboxylic acids is 1. The maximum Gasteiger partial charge on any atom is 0.356 e. The van der Waals surface area contributed by atoms with E-state index in [2.05, 4.69) is 18.1 Å². The zero-order valence-corrected chi connectivity index (χ0v) is 12.2. The highest BCUT2D eigenvalue weighted by Crippen LogP contribution is 2.19. The second kappa shape index (κ2) is 5.90. The van der Waals surface area contributed by atoms with Crippen LogP contribution in [0.5, 0.6) is 0 Å². The Morgan fingerprint density at radius 2 is 2.05 bits per heavy atom. The van der Waals surface area contributed by atoms with Crippen LogP contribution in [-0.2, 0) is 6.42 Å². The second-order valence-electron chi connectivity index (χ2n) is 5.13. The molecule has 4 nitrogen and oxygen atoms in total.